The van der Waals surface area contributed by atoms with E-state index in [1.165, 1.54) is 0 Å². The van der Waals surface area contributed by atoms with Gasteiger partial charge in [0.1, 0.15) is 0 Å². The van der Waals surface area contributed by atoms with Gasteiger partial charge in [-0.3, -0.25) is 4.57 Å². The zero-order valence-electron chi connectivity index (χ0n) is 14.4. The van der Waals surface area contributed by atoms with Gasteiger partial charge in [0, 0.05) is 10.7 Å². The normalized spacial score (nSPS) is 14.2. The third kappa shape index (κ3) is 2.66. The van der Waals surface area contributed by atoms with Crippen LogP contribution in [-0.4, -0.2) is 16.0 Å². The zero-order chi connectivity index (χ0) is 17.5. The van der Waals surface area contributed by atoms with E-state index >= 15 is 0 Å². The predicted molar refractivity (Wildman–Crippen MR) is 98.1 cm³/mol. The van der Waals surface area contributed by atoms with Crippen LogP contribution in [0.1, 0.15) is 25.1 Å². The number of hydrogen-bond donors (Lipinski definition) is 1. The molecule has 0 fully saturated rings. The Morgan fingerprint density at radius 3 is 2.38 bits per heavy atom. The van der Waals surface area contributed by atoms with Crippen LogP contribution in [0.15, 0.2) is 48.5 Å². The summed E-state index contributed by atoms with van der Waals surface area (Å²) in [6.07, 6.45) is -0.210. The fraction of sp³-hybridized carbons (Fsp3) is 0.263. The molecular formula is C19H22NO3P. The average Bonchev–Trinajstić information content (AvgIpc) is 2.79. The Morgan fingerprint density at radius 2 is 1.75 bits per heavy atom. The van der Waals surface area contributed by atoms with Gasteiger partial charge in [0.05, 0.1) is 22.6 Å². The van der Waals surface area contributed by atoms with Gasteiger partial charge in [-0.05, 0) is 51.5 Å². The van der Waals surface area contributed by atoms with Crippen LogP contribution in [-0.2, 0) is 9.09 Å². The molecule has 0 aliphatic carbocycles. The van der Waals surface area contributed by atoms with E-state index in [9.17, 15) is 9.77 Å². The first kappa shape index (κ1) is 16.8. The Hall–Kier alpha value is -2.03. The lowest BCUT2D eigenvalue weighted by Gasteiger charge is -2.22. The van der Waals surface area contributed by atoms with Crippen LogP contribution in [0.5, 0.6) is 0 Å². The maximum absolute atomic E-state index is 14.0. The van der Waals surface area contributed by atoms with Crippen molar-refractivity contribution in [2.75, 3.05) is 0 Å². The Labute approximate surface area is 142 Å². The standard InChI is InChI=1S/C19H22NO3P/c1-13(2)23-24(22,16-8-6-5-7-9-16)19-15(4)20(21)18-12-14(3)10-11-17(18)19/h5-13,21H,1-4H3. The molecule has 1 N–H and O–H groups in total. The van der Waals surface area contributed by atoms with E-state index in [4.69, 9.17) is 4.52 Å². The van der Waals surface area contributed by atoms with Gasteiger partial charge in [0.2, 0.25) is 0 Å². The molecule has 0 saturated heterocycles. The first-order valence-electron chi connectivity index (χ1n) is 8.00. The minimum atomic E-state index is -3.34. The highest BCUT2D eigenvalue weighted by molar-refractivity contribution is 7.75. The highest BCUT2D eigenvalue weighted by atomic mass is 31.2. The van der Waals surface area contributed by atoms with E-state index in [1.807, 2.05) is 69.3 Å². The van der Waals surface area contributed by atoms with Crippen LogP contribution in [0, 0.1) is 13.8 Å². The molecule has 24 heavy (non-hydrogen) atoms. The molecule has 0 saturated carbocycles. The summed E-state index contributed by atoms with van der Waals surface area (Å²) in [5.41, 5.74) is 2.22. The Kier molecular flexibility index (Phi) is 4.29. The van der Waals surface area contributed by atoms with Crippen molar-refractivity contribution < 1.29 is 14.3 Å². The van der Waals surface area contributed by atoms with Gasteiger partial charge in [-0.1, -0.05) is 30.3 Å². The molecule has 1 atom stereocenters. The highest BCUT2D eigenvalue weighted by Gasteiger charge is 2.35. The topological polar surface area (TPSA) is 51.5 Å². The van der Waals surface area contributed by atoms with Crippen LogP contribution in [0.4, 0.5) is 0 Å². The smallest absolute Gasteiger partial charge is 0.264 e. The summed E-state index contributed by atoms with van der Waals surface area (Å²) in [5.74, 6) is 0. The molecule has 0 bridgehead atoms. The summed E-state index contributed by atoms with van der Waals surface area (Å²) < 4.78 is 21.1. The molecule has 3 rings (SSSR count). The molecule has 0 aliphatic heterocycles. The lowest BCUT2D eigenvalue weighted by molar-refractivity contribution is 0.194. The van der Waals surface area contributed by atoms with Gasteiger partial charge in [-0.2, -0.15) is 4.73 Å². The second-order valence-electron chi connectivity index (χ2n) is 6.31. The maximum Gasteiger partial charge on any atom is 0.264 e. The van der Waals surface area contributed by atoms with Crippen molar-refractivity contribution in [3.63, 3.8) is 0 Å². The quantitative estimate of drug-likeness (QED) is 0.572. The molecule has 5 heteroatoms. The van der Waals surface area contributed by atoms with Crippen molar-refractivity contribution in [3.8, 4) is 0 Å². The van der Waals surface area contributed by atoms with Crippen molar-refractivity contribution in [1.82, 2.24) is 4.73 Å². The van der Waals surface area contributed by atoms with Crippen LogP contribution >= 0.6 is 7.37 Å². The van der Waals surface area contributed by atoms with Gasteiger partial charge in [0.15, 0.2) is 0 Å². The fourth-order valence-electron chi connectivity index (χ4n) is 3.03. The third-order valence-electron chi connectivity index (χ3n) is 4.05. The first-order valence-corrected chi connectivity index (χ1v) is 9.62. The molecule has 0 radical (unpaired) electrons. The van der Waals surface area contributed by atoms with E-state index in [0.29, 0.717) is 21.8 Å². The number of fused-ring (bicyclic) bond motifs is 1. The van der Waals surface area contributed by atoms with E-state index < -0.39 is 7.37 Å². The molecule has 0 amide bonds. The zero-order valence-corrected chi connectivity index (χ0v) is 15.2. The minimum absolute atomic E-state index is 0.210. The number of nitrogens with zero attached hydrogens (tertiary/aromatic N) is 1. The fourth-order valence-corrected chi connectivity index (χ4v) is 5.70. The second-order valence-corrected chi connectivity index (χ2v) is 8.59. The monoisotopic (exact) mass is 343 g/mol. The SMILES string of the molecule is Cc1ccc2c(P(=O)(OC(C)C)c3ccccc3)c(C)n(O)c2c1. The van der Waals surface area contributed by atoms with Crippen molar-refractivity contribution in [2.24, 2.45) is 0 Å². The summed E-state index contributed by atoms with van der Waals surface area (Å²) >= 11 is 0. The van der Waals surface area contributed by atoms with E-state index in [1.54, 1.807) is 6.92 Å². The Balaban J connectivity index is 2.36. The maximum atomic E-state index is 14.0. The van der Waals surface area contributed by atoms with E-state index in [2.05, 4.69) is 0 Å². The molecule has 1 aromatic heterocycles. The van der Waals surface area contributed by atoms with Gasteiger partial charge in [0.25, 0.3) is 7.37 Å². The molecule has 0 aliphatic rings. The third-order valence-corrected chi connectivity index (χ3v) is 6.90. The summed E-state index contributed by atoms with van der Waals surface area (Å²) in [6.45, 7) is 7.47. The summed E-state index contributed by atoms with van der Waals surface area (Å²) in [5, 5.41) is 12.4. The van der Waals surface area contributed by atoms with E-state index in [0.717, 1.165) is 15.7 Å². The molecule has 1 unspecified atom stereocenters. The van der Waals surface area contributed by atoms with Crippen LogP contribution in [0.2, 0.25) is 0 Å². The summed E-state index contributed by atoms with van der Waals surface area (Å²) in [4.78, 5) is 0. The lowest BCUT2D eigenvalue weighted by Crippen LogP contribution is -2.22. The number of rotatable bonds is 4. The number of benzene rings is 2. The Bertz CT molecular complexity index is 929. The molecule has 2 aromatic carbocycles. The van der Waals surface area contributed by atoms with E-state index in [-0.39, 0.29) is 6.10 Å². The molecular weight excluding hydrogens is 321 g/mol. The predicted octanol–water partition coefficient (Wildman–Crippen LogP) is 4.15. The van der Waals surface area contributed by atoms with Gasteiger partial charge in [-0.25, -0.2) is 0 Å². The second kappa shape index (κ2) is 6.12. The molecule has 126 valence electrons. The first-order chi connectivity index (χ1) is 11.3. The average molecular weight is 343 g/mol. The van der Waals surface area contributed by atoms with Crippen LogP contribution in [0.25, 0.3) is 10.9 Å². The largest absolute Gasteiger partial charge is 0.428 e. The van der Waals surface area contributed by atoms with Crippen LogP contribution in [0.3, 0.4) is 0 Å². The lowest BCUT2D eigenvalue weighted by atomic mass is 10.2. The summed E-state index contributed by atoms with van der Waals surface area (Å²) in [6, 6.07) is 15.0. The van der Waals surface area contributed by atoms with Gasteiger partial charge >= 0.3 is 0 Å². The Morgan fingerprint density at radius 1 is 1.08 bits per heavy atom. The van der Waals surface area contributed by atoms with Crippen molar-refractivity contribution in [2.45, 2.75) is 33.8 Å². The highest BCUT2D eigenvalue weighted by Crippen LogP contribution is 2.49. The summed E-state index contributed by atoms with van der Waals surface area (Å²) in [7, 11) is -3.34. The van der Waals surface area contributed by atoms with Gasteiger partial charge in [-0.15, -0.1) is 0 Å². The van der Waals surface area contributed by atoms with Crippen molar-refractivity contribution in [1.29, 1.82) is 0 Å². The molecule has 4 nitrogen and oxygen atoms in total. The van der Waals surface area contributed by atoms with Crippen molar-refractivity contribution in [3.05, 3.63) is 59.8 Å². The number of hydrogen-bond acceptors (Lipinski definition) is 3. The minimum Gasteiger partial charge on any atom is -0.428 e. The number of aromatic nitrogens is 1. The van der Waals surface area contributed by atoms with Gasteiger partial charge < -0.3 is 9.73 Å². The molecule has 3 aromatic rings. The van der Waals surface area contributed by atoms with Crippen molar-refractivity contribution >= 4 is 28.9 Å². The number of aryl methyl sites for hydroxylation is 1. The molecule has 1 heterocycles. The van der Waals surface area contributed by atoms with Crippen LogP contribution < -0.4 is 10.6 Å². The molecule has 0 spiro atoms.